The molecule has 1 saturated heterocycles. The molecule has 0 saturated carbocycles. The molecule has 1 rings (SSSR count). The number of ether oxygens (including phenoxy) is 2. The lowest BCUT2D eigenvalue weighted by molar-refractivity contribution is -0.126. The van der Waals surface area contributed by atoms with E-state index in [0.717, 1.165) is 0 Å². The summed E-state index contributed by atoms with van der Waals surface area (Å²) >= 11 is 5.58. The summed E-state index contributed by atoms with van der Waals surface area (Å²) in [6.45, 7) is 7.63. The lowest BCUT2D eigenvalue weighted by Gasteiger charge is -2.29. The molecule has 0 aliphatic carbocycles. The van der Waals surface area contributed by atoms with Crippen LogP contribution in [-0.4, -0.2) is 42.6 Å². The standard InChI is InChI=1S/C12H20ClNO4/c1-11(2,3)18-10(16)14-8-6-17-7-12(8,4)9(15)5-13/h8H,5-7H2,1-4H3,(H,14,16). The van der Waals surface area contributed by atoms with Gasteiger partial charge < -0.3 is 14.8 Å². The number of Topliss-reactive ketones (excluding diaryl/α,β-unsaturated/α-hetero) is 1. The van der Waals surface area contributed by atoms with E-state index in [-0.39, 0.29) is 18.3 Å². The van der Waals surface area contributed by atoms with Crippen molar-refractivity contribution in [1.29, 1.82) is 0 Å². The Morgan fingerprint density at radius 1 is 1.50 bits per heavy atom. The molecule has 0 spiro atoms. The van der Waals surface area contributed by atoms with Crippen molar-refractivity contribution < 1.29 is 19.1 Å². The zero-order valence-corrected chi connectivity index (χ0v) is 12.0. The number of alkyl carbamates (subject to hydrolysis) is 1. The van der Waals surface area contributed by atoms with Gasteiger partial charge in [0.05, 0.1) is 30.6 Å². The minimum absolute atomic E-state index is 0.0909. The maximum Gasteiger partial charge on any atom is 0.407 e. The number of hydrogen-bond donors (Lipinski definition) is 1. The van der Waals surface area contributed by atoms with Crippen molar-refractivity contribution in [1.82, 2.24) is 5.32 Å². The van der Waals surface area contributed by atoms with Gasteiger partial charge in [-0.2, -0.15) is 0 Å². The first-order valence-electron chi connectivity index (χ1n) is 5.85. The summed E-state index contributed by atoms with van der Waals surface area (Å²) in [5.41, 5.74) is -1.35. The fourth-order valence-corrected chi connectivity index (χ4v) is 2.06. The van der Waals surface area contributed by atoms with Gasteiger partial charge in [0.25, 0.3) is 0 Å². The molecule has 0 radical (unpaired) electrons. The molecule has 0 aromatic heterocycles. The van der Waals surface area contributed by atoms with Gasteiger partial charge in [-0.05, 0) is 27.7 Å². The summed E-state index contributed by atoms with van der Waals surface area (Å²) in [5, 5.41) is 2.68. The quantitative estimate of drug-likeness (QED) is 0.798. The summed E-state index contributed by atoms with van der Waals surface area (Å²) in [6, 6.07) is -0.404. The number of alkyl halides is 1. The molecule has 0 aromatic rings. The number of rotatable bonds is 3. The molecule has 1 N–H and O–H groups in total. The van der Waals surface area contributed by atoms with Crippen LogP contribution in [0.2, 0.25) is 0 Å². The van der Waals surface area contributed by atoms with Crippen LogP contribution < -0.4 is 5.32 Å². The molecule has 1 aliphatic rings. The number of halogens is 1. The van der Waals surface area contributed by atoms with E-state index in [2.05, 4.69) is 5.32 Å². The van der Waals surface area contributed by atoms with Gasteiger partial charge in [0.15, 0.2) is 5.78 Å². The lowest BCUT2D eigenvalue weighted by atomic mass is 9.81. The molecule has 1 heterocycles. The van der Waals surface area contributed by atoms with Gasteiger partial charge >= 0.3 is 6.09 Å². The van der Waals surface area contributed by atoms with Gasteiger partial charge in [0.2, 0.25) is 0 Å². The van der Waals surface area contributed by atoms with Gasteiger partial charge in [-0.1, -0.05) is 0 Å². The van der Waals surface area contributed by atoms with E-state index in [1.165, 1.54) is 0 Å². The monoisotopic (exact) mass is 277 g/mol. The van der Waals surface area contributed by atoms with Crippen molar-refractivity contribution >= 4 is 23.5 Å². The first-order chi connectivity index (χ1) is 8.19. The summed E-state index contributed by atoms with van der Waals surface area (Å²) < 4.78 is 10.4. The van der Waals surface area contributed by atoms with Crippen molar-refractivity contribution in [3.05, 3.63) is 0 Å². The SMILES string of the molecule is CC(C)(C)OC(=O)NC1COCC1(C)C(=O)CCl. The van der Waals surface area contributed by atoms with Crippen LogP contribution >= 0.6 is 11.6 Å². The molecule has 2 atom stereocenters. The summed E-state index contributed by atoms with van der Waals surface area (Å²) in [5.74, 6) is -0.227. The van der Waals surface area contributed by atoms with Gasteiger partial charge in [-0.3, -0.25) is 4.79 Å². The van der Waals surface area contributed by atoms with Crippen LogP contribution in [0.1, 0.15) is 27.7 Å². The summed E-state index contributed by atoms with van der Waals surface area (Å²) in [7, 11) is 0. The molecule has 1 aliphatic heterocycles. The summed E-state index contributed by atoms with van der Waals surface area (Å²) in [4.78, 5) is 23.5. The van der Waals surface area contributed by atoms with Crippen LogP contribution in [0.3, 0.4) is 0 Å². The molecular formula is C12H20ClNO4. The Kier molecular flexibility index (Phi) is 4.61. The minimum Gasteiger partial charge on any atom is -0.444 e. The molecule has 5 nitrogen and oxygen atoms in total. The average molecular weight is 278 g/mol. The predicted molar refractivity (Wildman–Crippen MR) is 67.8 cm³/mol. The molecule has 18 heavy (non-hydrogen) atoms. The molecular weight excluding hydrogens is 258 g/mol. The normalized spacial score (nSPS) is 27.9. The van der Waals surface area contributed by atoms with Crippen LogP contribution in [0, 0.1) is 5.41 Å². The van der Waals surface area contributed by atoms with E-state index in [1.54, 1.807) is 27.7 Å². The second-order valence-electron chi connectivity index (χ2n) is 5.69. The highest BCUT2D eigenvalue weighted by Crippen LogP contribution is 2.30. The van der Waals surface area contributed by atoms with Crippen molar-refractivity contribution in [2.75, 3.05) is 19.1 Å². The van der Waals surface area contributed by atoms with Crippen molar-refractivity contribution in [3.8, 4) is 0 Å². The van der Waals surface area contributed by atoms with Gasteiger partial charge in [-0.15, -0.1) is 11.6 Å². The maximum atomic E-state index is 11.8. The Balaban J connectivity index is 2.66. The molecule has 0 aromatic carbocycles. The van der Waals surface area contributed by atoms with E-state index in [4.69, 9.17) is 21.1 Å². The second kappa shape index (κ2) is 5.45. The highest BCUT2D eigenvalue weighted by Gasteiger charge is 2.46. The predicted octanol–water partition coefficient (Wildman–Crippen LogP) is 1.72. The first-order valence-corrected chi connectivity index (χ1v) is 6.39. The van der Waals surface area contributed by atoms with Gasteiger partial charge in [-0.25, -0.2) is 4.79 Å². The van der Waals surface area contributed by atoms with Crippen LogP contribution in [0.25, 0.3) is 0 Å². The molecule has 2 unspecified atom stereocenters. The Morgan fingerprint density at radius 2 is 2.11 bits per heavy atom. The lowest BCUT2D eigenvalue weighted by Crippen LogP contribution is -2.51. The minimum atomic E-state index is -0.779. The molecule has 1 amide bonds. The number of carbonyl (C=O) groups is 2. The van der Waals surface area contributed by atoms with Crippen molar-refractivity contribution in [2.45, 2.75) is 39.3 Å². The van der Waals surface area contributed by atoms with E-state index < -0.39 is 23.2 Å². The molecule has 104 valence electrons. The zero-order valence-electron chi connectivity index (χ0n) is 11.2. The van der Waals surface area contributed by atoms with Crippen molar-refractivity contribution in [2.24, 2.45) is 5.41 Å². The first kappa shape index (κ1) is 15.2. The number of ketones is 1. The molecule has 0 bridgehead atoms. The number of amides is 1. The molecule has 6 heteroatoms. The third-order valence-electron chi connectivity index (χ3n) is 2.90. The van der Waals surface area contributed by atoms with Gasteiger partial charge in [0, 0.05) is 0 Å². The second-order valence-corrected chi connectivity index (χ2v) is 5.96. The Hall–Kier alpha value is -0.810. The van der Waals surface area contributed by atoms with E-state index in [1.807, 2.05) is 0 Å². The number of hydrogen-bond acceptors (Lipinski definition) is 4. The van der Waals surface area contributed by atoms with Crippen LogP contribution in [-0.2, 0) is 14.3 Å². The fourth-order valence-electron chi connectivity index (χ4n) is 1.75. The smallest absolute Gasteiger partial charge is 0.407 e. The molecule has 1 fully saturated rings. The number of nitrogens with one attached hydrogen (secondary N) is 1. The topological polar surface area (TPSA) is 64.6 Å². The van der Waals surface area contributed by atoms with Crippen LogP contribution in [0.4, 0.5) is 4.79 Å². The largest absolute Gasteiger partial charge is 0.444 e. The Morgan fingerprint density at radius 3 is 2.61 bits per heavy atom. The zero-order chi connectivity index (χ0) is 14.0. The third kappa shape index (κ3) is 3.59. The van der Waals surface area contributed by atoms with Crippen LogP contribution in [0.15, 0.2) is 0 Å². The Bertz CT molecular complexity index is 339. The van der Waals surface area contributed by atoms with Crippen LogP contribution in [0.5, 0.6) is 0 Å². The fraction of sp³-hybridized carbons (Fsp3) is 0.833. The average Bonchev–Trinajstić information content (AvgIpc) is 2.57. The van der Waals surface area contributed by atoms with Gasteiger partial charge in [0.1, 0.15) is 5.60 Å². The Labute approximate surface area is 112 Å². The van der Waals surface area contributed by atoms with E-state index >= 15 is 0 Å². The third-order valence-corrected chi connectivity index (χ3v) is 3.15. The maximum absolute atomic E-state index is 11.8. The summed E-state index contributed by atoms with van der Waals surface area (Å²) in [6.07, 6.45) is -0.549. The number of carbonyl (C=O) groups excluding carboxylic acids is 2. The van der Waals surface area contributed by atoms with E-state index in [0.29, 0.717) is 6.61 Å². The highest BCUT2D eigenvalue weighted by molar-refractivity contribution is 6.28. The van der Waals surface area contributed by atoms with E-state index in [9.17, 15) is 9.59 Å². The highest BCUT2D eigenvalue weighted by atomic mass is 35.5. The van der Waals surface area contributed by atoms with Crippen molar-refractivity contribution in [3.63, 3.8) is 0 Å².